The fraction of sp³-hybridized carbons (Fsp3) is 0.586. The molecule has 4 aliphatic carbocycles. The van der Waals surface area contributed by atoms with Crippen LogP contribution >= 0.6 is 0 Å². The number of fused-ring (bicyclic) bond motifs is 4. The second-order valence-electron chi connectivity index (χ2n) is 11.0. The number of hydrogen-bond donors (Lipinski definition) is 0. The Morgan fingerprint density at radius 3 is 2.50 bits per heavy atom. The highest BCUT2D eigenvalue weighted by Gasteiger charge is 2.57. The van der Waals surface area contributed by atoms with Crippen molar-refractivity contribution in [1.29, 1.82) is 0 Å². The summed E-state index contributed by atoms with van der Waals surface area (Å²) in [6.45, 7) is 4.46. The van der Waals surface area contributed by atoms with Gasteiger partial charge in [-0.15, -0.1) is 0 Å². The highest BCUT2D eigenvalue weighted by atomic mass is 16.1. The van der Waals surface area contributed by atoms with E-state index in [0.717, 1.165) is 32.1 Å². The molecule has 0 amide bonds. The van der Waals surface area contributed by atoms with Crippen molar-refractivity contribution in [1.82, 2.24) is 0 Å². The molecule has 0 spiro atoms. The third-order valence-corrected chi connectivity index (χ3v) is 9.28. The first kappa shape index (κ1) is 21.7. The van der Waals surface area contributed by atoms with Crippen molar-refractivity contribution in [3.8, 4) is 0 Å². The maximum atomic E-state index is 13.0. The highest BCUT2D eigenvalue weighted by Crippen LogP contribution is 2.65. The zero-order valence-electron chi connectivity index (χ0n) is 20.1. The molecule has 170 valence electrons. The van der Waals surface area contributed by atoms with Crippen LogP contribution < -0.4 is 4.90 Å². The lowest BCUT2D eigenvalue weighted by molar-refractivity contribution is -0.127. The van der Waals surface area contributed by atoms with Crippen LogP contribution in [0.15, 0.2) is 47.1 Å². The maximum Gasteiger partial charge on any atom is 0.156 e. The van der Waals surface area contributed by atoms with Crippen molar-refractivity contribution in [3.63, 3.8) is 0 Å². The van der Waals surface area contributed by atoms with Gasteiger partial charge in [0.25, 0.3) is 0 Å². The molecule has 2 saturated carbocycles. The Morgan fingerprint density at radius 2 is 1.81 bits per heavy atom. The maximum absolute atomic E-state index is 13.0. The molecule has 5 rings (SSSR count). The molecule has 0 heterocycles. The zero-order chi connectivity index (χ0) is 22.6. The van der Waals surface area contributed by atoms with Gasteiger partial charge in [0, 0.05) is 44.5 Å². The third-order valence-electron chi connectivity index (χ3n) is 9.28. The van der Waals surface area contributed by atoms with Gasteiger partial charge in [-0.25, -0.2) is 0 Å². The lowest BCUT2D eigenvalue weighted by Crippen LogP contribution is -2.45. The minimum absolute atomic E-state index is 0.0818. The van der Waals surface area contributed by atoms with Crippen molar-refractivity contribution in [2.24, 2.45) is 23.2 Å². The molecular weight excluding hydrogens is 394 g/mol. The SMILES string of the molecule is CCC(=O)C1CCC2C3CCC4=CC(=O)CCC4=C3C(c3ccc(N(C)C)cc3)CC12C. The number of carbonyl (C=O) groups is 2. The number of hydrogen-bond acceptors (Lipinski definition) is 3. The van der Waals surface area contributed by atoms with Crippen LogP contribution in [0.1, 0.15) is 76.7 Å². The van der Waals surface area contributed by atoms with Crippen molar-refractivity contribution < 1.29 is 9.59 Å². The van der Waals surface area contributed by atoms with Gasteiger partial charge in [-0.3, -0.25) is 9.59 Å². The van der Waals surface area contributed by atoms with Crippen LogP contribution in [0, 0.1) is 23.2 Å². The lowest BCUT2D eigenvalue weighted by Gasteiger charge is -2.52. The average molecular weight is 432 g/mol. The summed E-state index contributed by atoms with van der Waals surface area (Å²) in [7, 11) is 4.16. The van der Waals surface area contributed by atoms with Crippen molar-refractivity contribution in [2.45, 2.75) is 71.1 Å². The summed E-state index contributed by atoms with van der Waals surface area (Å²) in [5.41, 5.74) is 7.11. The molecule has 0 aliphatic heterocycles. The Labute approximate surface area is 193 Å². The Balaban J connectivity index is 1.64. The number of carbonyl (C=O) groups excluding carboxylic acids is 2. The van der Waals surface area contributed by atoms with Gasteiger partial charge in [-0.2, -0.15) is 0 Å². The molecule has 5 atom stereocenters. The summed E-state index contributed by atoms with van der Waals surface area (Å²) < 4.78 is 0. The van der Waals surface area contributed by atoms with Gasteiger partial charge in [0.2, 0.25) is 0 Å². The molecule has 3 heteroatoms. The Morgan fingerprint density at radius 1 is 1.06 bits per heavy atom. The molecular formula is C29H37NO2. The summed E-state index contributed by atoms with van der Waals surface area (Å²) in [6.07, 6.45) is 9.62. The smallest absolute Gasteiger partial charge is 0.156 e. The minimum Gasteiger partial charge on any atom is -0.378 e. The van der Waals surface area contributed by atoms with Gasteiger partial charge < -0.3 is 4.90 Å². The lowest BCUT2D eigenvalue weighted by atomic mass is 9.51. The topological polar surface area (TPSA) is 37.4 Å². The van der Waals surface area contributed by atoms with E-state index >= 15 is 0 Å². The molecule has 0 aromatic heterocycles. The van der Waals surface area contributed by atoms with Gasteiger partial charge in [0.15, 0.2) is 5.78 Å². The summed E-state index contributed by atoms with van der Waals surface area (Å²) in [5.74, 6) is 2.48. The molecule has 3 nitrogen and oxygen atoms in total. The molecule has 0 N–H and O–H groups in total. The predicted molar refractivity (Wildman–Crippen MR) is 130 cm³/mol. The van der Waals surface area contributed by atoms with Crippen molar-refractivity contribution >= 4 is 17.3 Å². The monoisotopic (exact) mass is 431 g/mol. The average Bonchev–Trinajstić information content (AvgIpc) is 3.14. The second-order valence-corrected chi connectivity index (χ2v) is 11.0. The van der Waals surface area contributed by atoms with Gasteiger partial charge in [0.1, 0.15) is 5.78 Å². The van der Waals surface area contributed by atoms with E-state index in [-0.39, 0.29) is 11.3 Å². The van der Waals surface area contributed by atoms with Crippen LogP contribution in [0.5, 0.6) is 0 Å². The molecule has 1 aromatic carbocycles. The number of anilines is 1. The molecule has 5 unspecified atom stereocenters. The van der Waals surface area contributed by atoms with Crippen LogP contribution in [0.3, 0.4) is 0 Å². The number of Topliss-reactive ketones (excluding diaryl/α,β-unsaturated/α-hetero) is 1. The Kier molecular flexibility index (Phi) is 5.42. The molecule has 0 bridgehead atoms. The molecule has 1 aromatic rings. The van der Waals surface area contributed by atoms with Crippen LogP contribution in [0.4, 0.5) is 5.69 Å². The number of benzene rings is 1. The van der Waals surface area contributed by atoms with Crippen molar-refractivity contribution in [3.05, 3.63) is 52.6 Å². The molecule has 0 radical (unpaired) electrons. The van der Waals surface area contributed by atoms with E-state index in [2.05, 4.69) is 50.2 Å². The summed E-state index contributed by atoms with van der Waals surface area (Å²) in [5, 5.41) is 0. The van der Waals surface area contributed by atoms with E-state index in [1.807, 2.05) is 13.0 Å². The summed E-state index contributed by atoms with van der Waals surface area (Å²) >= 11 is 0. The summed E-state index contributed by atoms with van der Waals surface area (Å²) in [6, 6.07) is 9.09. The molecule has 32 heavy (non-hydrogen) atoms. The minimum atomic E-state index is 0.0818. The van der Waals surface area contributed by atoms with Crippen LogP contribution in [0.2, 0.25) is 0 Å². The number of nitrogens with zero attached hydrogens (tertiary/aromatic N) is 1. The number of rotatable bonds is 4. The predicted octanol–water partition coefficient (Wildman–Crippen LogP) is 6.25. The highest BCUT2D eigenvalue weighted by molar-refractivity contribution is 5.93. The van der Waals surface area contributed by atoms with Gasteiger partial charge in [0.05, 0.1) is 0 Å². The fourth-order valence-corrected chi connectivity index (χ4v) is 7.74. The second kappa shape index (κ2) is 8.01. The summed E-state index contributed by atoms with van der Waals surface area (Å²) in [4.78, 5) is 27.3. The normalized spacial score (nSPS) is 33.9. The molecule has 4 aliphatic rings. The van der Waals surface area contributed by atoms with E-state index in [9.17, 15) is 9.59 Å². The Bertz CT molecular complexity index is 998. The Hall–Kier alpha value is -2.16. The van der Waals surface area contributed by atoms with E-state index in [1.54, 1.807) is 5.57 Å². The van der Waals surface area contributed by atoms with Gasteiger partial charge in [-0.1, -0.05) is 31.6 Å². The van der Waals surface area contributed by atoms with Gasteiger partial charge in [-0.05, 0) is 90.7 Å². The van der Waals surface area contributed by atoms with Crippen LogP contribution in [-0.2, 0) is 9.59 Å². The third kappa shape index (κ3) is 3.31. The van der Waals surface area contributed by atoms with Crippen molar-refractivity contribution in [2.75, 3.05) is 19.0 Å². The largest absolute Gasteiger partial charge is 0.378 e. The van der Waals surface area contributed by atoms with E-state index in [0.29, 0.717) is 42.2 Å². The van der Waals surface area contributed by atoms with E-state index < -0.39 is 0 Å². The molecule has 2 fully saturated rings. The van der Waals surface area contributed by atoms with Gasteiger partial charge >= 0.3 is 0 Å². The van der Waals surface area contributed by atoms with Crippen LogP contribution in [-0.4, -0.2) is 25.7 Å². The fourth-order valence-electron chi connectivity index (χ4n) is 7.74. The molecule has 0 saturated heterocycles. The van der Waals surface area contributed by atoms with E-state index in [4.69, 9.17) is 0 Å². The van der Waals surface area contributed by atoms with E-state index in [1.165, 1.54) is 28.8 Å². The number of ketones is 2. The first-order chi connectivity index (χ1) is 15.3. The first-order valence-corrected chi connectivity index (χ1v) is 12.6. The zero-order valence-corrected chi connectivity index (χ0v) is 20.1. The van der Waals surface area contributed by atoms with Crippen LogP contribution in [0.25, 0.3) is 0 Å². The standard InChI is InChI=1S/C29H37NO2/c1-5-27(32)26-15-14-25-23-12-8-19-16-21(31)11-13-22(19)28(23)24(17-29(25,26)2)18-6-9-20(10-7-18)30(3)4/h6-7,9-10,16,23-26H,5,8,11-15,17H2,1-4H3. The quantitative estimate of drug-likeness (QED) is 0.566. The number of allylic oxidation sites excluding steroid dienone is 4. The first-order valence-electron chi connectivity index (χ1n) is 12.6.